The second-order valence-corrected chi connectivity index (χ2v) is 7.41. The van der Waals surface area contributed by atoms with Gasteiger partial charge in [0.05, 0.1) is 0 Å². The molecule has 0 aliphatic heterocycles. The molecule has 3 aromatic rings. The van der Waals surface area contributed by atoms with E-state index in [4.69, 9.17) is 4.74 Å². The first kappa shape index (κ1) is 14.9. The van der Waals surface area contributed by atoms with Crippen LogP contribution in [0.1, 0.15) is 25.6 Å². The zero-order valence-corrected chi connectivity index (χ0v) is 14.0. The number of para-hydroxylation sites is 2. The molecule has 0 aliphatic carbocycles. The van der Waals surface area contributed by atoms with Crippen molar-refractivity contribution in [2.45, 2.75) is 26.2 Å². The first-order valence-electron chi connectivity index (χ1n) is 7.47. The molecule has 0 aliphatic rings. The number of benzene rings is 2. The molecule has 112 valence electrons. The number of ether oxygens (including phenoxy) is 1. The molecule has 3 rings (SSSR count). The van der Waals surface area contributed by atoms with Gasteiger partial charge in [-0.15, -0.1) is 11.3 Å². The number of thiophene rings is 1. The Morgan fingerprint density at radius 1 is 0.773 bits per heavy atom. The van der Waals surface area contributed by atoms with E-state index in [0.717, 1.165) is 17.1 Å². The number of hydrogen-bond donors (Lipinski definition) is 0. The van der Waals surface area contributed by atoms with Gasteiger partial charge in [0.15, 0.2) is 0 Å². The molecular formula is C20H20OS. The minimum atomic E-state index is 0.179. The Kier molecular flexibility index (Phi) is 4.04. The second-order valence-electron chi connectivity index (χ2n) is 6.33. The largest absolute Gasteiger partial charge is 0.457 e. The molecule has 0 saturated heterocycles. The summed E-state index contributed by atoms with van der Waals surface area (Å²) in [6, 6.07) is 22.6. The van der Waals surface area contributed by atoms with Gasteiger partial charge in [0.25, 0.3) is 0 Å². The molecule has 0 amide bonds. The van der Waals surface area contributed by atoms with Gasteiger partial charge in [-0.25, -0.2) is 0 Å². The van der Waals surface area contributed by atoms with Crippen LogP contribution >= 0.6 is 11.3 Å². The molecule has 2 heteroatoms. The maximum absolute atomic E-state index is 6.07. The summed E-state index contributed by atoms with van der Waals surface area (Å²) in [4.78, 5) is 2.63. The van der Waals surface area contributed by atoms with Crippen LogP contribution in [0.5, 0.6) is 11.5 Å². The molecule has 0 unspecified atom stereocenters. The summed E-state index contributed by atoms with van der Waals surface area (Å²) >= 11 is 1.84. The van der Waals surface area contributed by atoms with E-state index in [0.29, 0.717) is 0 Å². The Balaban J connectivity index is 1.96. The van der Waals surface area contributed by atoms with Gasteiger partial charge in [-0.1, -0.05) is 51.1 Å². The third kappa shape index (κ3) is 3.23. The average molecular weight is 308 g/mol. The molecule has 0 atom stereocenters. The van der Waals surface area contributed by atoms with Crippen molar-refractivity contribution in [3.63, 3.8) is 0 Å². The average Bonchev–Trinajstić information content (AvgIpc) is 2.99. The zero-order chi connectivity index (χ0) is 15.6. The third-order valence-electron chi connectivity index (χ3n) is 3.47. The van der Waals surface area contributed by atoms with Crippen molar-refractivity contribution in [3.05, 3.63) is 71.6 Å². The van der Waals surface area contributed by atoms with E-state index in [-0.39, 0.29) is 5.41 Å². The summed E-state index contributed by atoms with van der Waals surface area (Å²) in [5.74, 6) is 1.76. The standard InChI is InChI=1S/C20H20OS/c1-20(2,3)19-14-13-18(22-19)16-11-7-8-12-17(16)21-15-9-5-4-6-10-15/h4-14H,1-3H3. The molecule has 1 aromatic heterocycles. The summed E-state index contributed by atoms with van der Waals surface area (Å²) in [5.41, 5.74) is 1.32. The molecule has 0 fully saturated rings. The predicted molar refractivity (Wildman–Crippen MR) is 95.0 cm³/mol. The fourth-order valence-electron chi connectivity index (χ4n) is 2.26. The Morgan fingerprint density at radius 2 is 1.45 bits per heavy atom. The highest BCUT2D eigenvalue weighted by atomic mass is 32.1. The summed E-state index contributed by atoms with van der Waals surface area (Å²) in [5, 5.41) is 0. The van der Waals surface area contributed by atoms with Crippen LogP contribution in [0.15, 0.2) is 66.7 Å². The van der Waals surface area contributed by atoms with Gasteiger partial charge >= 0.3 is 0 Å². The van der Waals surface area contributed by atoms with Gasteiger partial charge < -0.3 is 4.74 Å². The molecule has 0 N–H and O–H groups in total. The van der Waals surface area contributed by atoms with Crippen molar-refractivity contribution in [2.75, 3.05) is 0 Å². The summed E-state index contributed by atoms with van der Waals surface area (Å²) in [7, 11) is 0. The number of rotatable bonds is 3. The highest BCUT2D eigenvalue weighted by Crippen LogP contribution is 2.39. The first-order valence-corrected chi connectivity index (χ1v) is 8.28. The quantitative estimate of drug-likeness (QED) is 0.536. The van der Waals surface area contributed by atoms with Crippen molar-refractivity contribution < 1.29 is 4.74 Å². The van der Waals surface area contributed by atoms with Gasteiger partial charge in [0.1, 0.15) is 11.5 Å². The smallest absolute Gasteiger partial charge is 0.136 e. The van der Waals surface area contributed by atoms with E-state index in [1.807, 2.05) is 53.8 Å². The maximum atomic E-state index is 6.07. The third-order valence-corrected chi connectivity index (χ3v) is 5.01. The molecule has 0 radical (unpaired) electrons. The second kappa shape index (κ2) is 5.98. The van der Waals surface area contributed by atoms with Crippen molar-refractivity contribution in [3.8, 4) is 21.9 Å². The molecule has 1 nitrogen and oxygen atoms in total. The van der Waals surface area contributed by atoms with Gasteiger partial charge in [-0.3, -0.25) is 0 Å². The molecule has 0 spiro atoms. The number of hydrogen-bond acceptors (Lipinski definition) is 2. The molecule has 1 heterocycles. The Hall–Kier alpha value is -2.06. The van der Waals surface area contributed by atoms with E-state index in [1.165, 1.54) is 9.75 Å². The normalized spacial score (nSPS) is 11.4. The van der Waals surface area contributed by atoms with Crippen LogP contribution in [-0.2, 0) is 5.41 Å². The Bertz CT molecular complexity index is 751. The van der Waals surface area contributed by atoms with Crippen LogP contribution in [0.2, 0.25) is 0 Å². The fourth-order valence-corrected chi connectivity index (χ4v) is 3.35. The first-order chi connectivity index (χ1) is 10.5. The maximum Gasteiger partial charge on any atom is 0.136 e. The monoisotopic (exact) mass is 308 g/mol. The van der Waals surface area contributed by atoms with E-state index in [9.17, 15) is 0 Å². The van der Waals surface area contributed by atoms with Crippen LogP contribution in [0.25, 0.3) is 10.4 Å². The minimum absolute atomic E-state index is 0.179. The van der Waals surface area contributed by atoms with E-state index >= 15 is 0 Å². The van der Waals surface area contributed by atoms with Crippen molar-refractivity contribution >= 4 is 11.3 Å². The molecule has 22 heavy (non-hydrogen) atoms. The summed E-state index contributed by atoms with van der Waals surface area (Å²) in [6.07, 6.45) is 0. The summed E-state index contributed by atoms with van der Waals surface area (Å²) in [6.45, 7) is 6.74. The Labute approximate surface area is 136 Å². The highest BCUT2D eigenvalue weighted by molar-refractivity contribution is 7.15. The topological polar surface area (TPSA) is 9.23 Å². The van der Waals surface area contributed by atoms with Gasteiger partial charge in [-0.05, 0) is 41.8 Å². The predicted octanol–water partition coefficient (Wildman–Crippen LogP) is 6.50. The lowest BCUT2D eigenvalue weighted by Crippen LogP contribution is -2.07. The Morgan fingerprint density at radius 3 is 2.14 bits per heavy atom. The van der Waals surface area contributed by atoms with Crippen molar-refractivity contribution in [2.24, 2.45) is 0 Å². The summed E-state index contributed by atoms with van der Waals surface area (Å²) < 4.78 is 6.07. The molecule has 0 saturated carbocycles. The lowest BCUT2D eigenvalue weighted by molar-refractivity contribution is 0.484. The fraction of sp³-hybridized carbons (Fsp3) is 0.200. The van der Waals surface area contributed by atoms with E-state index in [2.05, 4.69) is 45.0 Å². The van der Waals surface area contributed by atoms with Gasteiger partial charge in [-0.2, -0.15) is 0 Å². The highest BCUT2D eigenvalue weighted by Gasteiger charge is 2.17. The lowest BCUT2D eigenvalue weighted by atomic mass is 9.95. The van der Waals surface area contributed by atoms with Crippen LogP contribution in [-0.4, -0.2) is 0 Å². The van der Waals surface area contributed by atoms with Crippen molar-refractivity contribution in [1.82, 2.24) is 0 Å². The van der Waals surface area contributed by atoms with Gasteiger partial charge in [0, 0.05) is 15.3 Å². The molecular weight excluding hydrogens is 288 g/mol. The molecule has 2 aromatic carbocycles. The minimum Gasteiger partial charge on any atom is -0.457 e. The SMILES string of the molecule is CC(C)(C)c1ccc(-c2ccccc2Oc2ccccc2)s1. The van der Waals surface area contributed by atoms with Crippen LogP contribution in [0.4, 0.5) is 0 Å². The molecule has 0 bridgehead atoms. The van der Waals surface area contributed by atoms with E-state index < -0.39 is 0 Å². The van der Waals surface area contributed by atoms with E-state index in [1.54, 1.807) is 0 Å². The van der Waals surface area contributed by atoms with Crippen LogP contribution < -0.4 is 4.74 Å². The lowest BCUT2D eigenvalue weighted by Gasteiger charge is -2.15. The van der Waals surface area contributed by atoms with Gasteiger partial charge in [0.2, 0.25) is 0 Å². The van der Waals surface area contributed by atoms with Crippen molar-refractivity contribution in [1.29, 1.82) is 0 Å². The van der Waals surface area contributed by atoms with Crippen LogP contribution in [0, 0.1) is 0 Å². The zero-order valence-electron chi connectivity index (χ0n) is 13.2. The van der Waals surface area contributed by atoms with Crippen LogP contribution in [0.3, 0.4) is 0 Å².